The van der Waals surface area contributed by atoms with Crippen molar-refractivity contribution in [2.75, 3.05) is 50.8 Å². The summed E-state index contributed by atoms with van der Waals surface area (Å²) < 4.78 is 2.06. The van der Waals surface area contributed by atoms with Gasteiger partial charge in [0, 0.05) is 45.5 Å². The minimum Gasteiger partial charge on any atom is -0.395 e. The van der Waals surface area contributed by atoms with Crippen LogP contribution in [-0.4, -0.2) is 80.4 Å². The number of fused-ring (bicyclic) bond motifs is 1. The van der Waals surface area contributed by atoms with E-state index in [-0.39, 0.29) is 18.1 Å². The van der Waals surface area contributed by atoms with Crippen LogP contribution >= 0.6 is 24.0 Å². The lowest BCUT2D eigenvalue weighted by atomic mass is 10.2. The summed E-state index contributed by atoms with van der Waals surface area (Å²) in [4.78, 5) is 37.7. The molecule has 170 valence electrons. The molecule has 2 aromatic heterocycles. The SMILES string of the molecule is CCCN1C(=O)/C(=C\c2c(N3CCN(CCO)CC3)nc3c(C)cccn3c2=O)SC1=S. The van der Waals surface area contributed by atoms with Gasteiger partial charge in [0.25, 0.3) is 11.5 Å². The van der Waals surface area contributed by atoms with Crippen LogP contribution in [0.3, 0.4) is 0 Å². The minimum absolute atomic E-state index is 0.125. The van der Waals surface area contributed by atoms with Crippen LogP contribution in [0.2, 0.25) is 0 Å². The Morgan fingerprint density at radius 3 is 2.66 bits per heavy atom. The molecule has 2 saturated heterocycles. The summed E-state index contributed by atoms with van der Waals surface area (Å²) in [6, 6.07) is 3.75. The number of β-amino-alcohol motifs (C(OH)–C–C–N with tert-alkyl or cyclic N) is 1. The predicted molar refractivity (Wildman–Crippen MR) is 132 cm³/mol. The van der Waals surface area contributed by atoms with Gasteiger partial charge in [0.15, 0.2) is 0 Å². The number of thiocarbonyl (C=S) groups is 1. The van der Waals surface area contributed by atoms with Crippen LogP contribution in [0, 0.1) is 6.92 Å². The first-order valence-electron chi connectivity index (χ1n) is 10.8. The Labute approximate surface area is 196 Å². The quantitative estimate of drug-likeness (QED) is 0.502. The Balaban J connectivity index is 1.80. The summed E-state index contributed by atoms with van der Waals surface area (Å²) in [5.74, 6) is 0.433. The maximum absolute atomic E-state index is 13.5. The molecule has 1 N–H and O–H groups in total. The third-order valence-corrected chi connectivity index (χ3v) is 7.13. The average molecular weight is 474 g/mol. The van der Waals surface area contributed by atoms with Crippen LogP contribution in [-0.2, 0) is 4.79 Å². The zero-order valence-electron chi connectivity index (χ0n) is 18.3. The van der Waals surface area contributed by atoms with Gasteiger partial charge in [-0.05, 0) is 31.1 Å². The summed E-state index contributed by atoms with van der Waals surface area (Å²) in [7, 11) is 0. The van der Waals surface area contributed by atoms with Gasteiger partial charge in [0.05, 0.1) is 17.1 Å². The van der Waals surface area contributed by atoms with Crippen molar-refractivity contribution < 1.29 is 9.90 Å². The fourth-order valence-corrected chi connectivity index (χ4v) is 5.33. The van der Waals surface area contributed by atoms with Gasteiger partial charge in [-0.1, -0.05) is 37.0 Å². The first-order valence-corrected chi connectivity index (χ1v) is 12.0. The molecule has 0 aliphatic carbocycles. The van der Waals surface area contributed by atoms with Crippen molar-refractivity contribution in [1.82, 2.24) is 19.2 Å². The van der Waals surface area contributed by atoms with Gasteiger partial charge in [0.2, 0.25) is 0 Å². The number of hydrogen-bond acceptors (Lipinski definition) is 8. The molecule has 2 aliphatic rings. The van der Waals surface area contributed by atoms with E-state index in [4.69, 9.17) is 17.2 Å². The molecule has 0 atom stereocenters. The second-order valence-corrected chi connectivity index (χ2v) is 9.60. The number of amides is 1. The Bertz CT molecular complexity index is 1140. The van der Waals surface area contributed by atoms with E-state index in [9.17, 15) is 14.7 Å². The molecule has 4 heterocycles. The molecule has 2 aliphatic heterocycles. The Kier molecular flexibility index (Phi) is 6.94. The van der Waals surface area contributed by atoms with Gasteiger partial charge in [-0.2, -0.15) is 0 Å². The summed E-state index contributed by atoms with van der Waals surface area (Å²) in [5, 5.41) is 9.23. The number of rotatable bonds is 6. The van der Waals surface area contributed by atoms with Crippen LogP contribution in [0.15, 0.2) is 28.0 Å². The number of carbonyl (C=O) groups excluding carboxylic acids is 1. The zero-order valence-corrected chi connectivity index (χ0v) is 19.9. The lowest BCUT2D eigenvalue weighted by Crippen LogP contribution is -2.48. The molecule has 1 amide bonds. The first kappa shape index (κ1) is 22.9. The molecule has 4 rings (SSSR count). The van der Waals surface area contributed by atoms with Gasteiger partial charge in [-0.25, -0.2) is 4.98 Å². The van der Waals surface area contributed by atoms with Crippen molar-refractivity contribution in [3.63, 3.8) is 0 Å². The highest BCUT2D eigenvalue weighted by Crippen LogP contribution is 2.33. The molecule has 8 nitrogen and oxygen atoms in total. The van der Waals surface area contributed by atoms with Gasteiger partial charge in [0.1, 0.15) is 15.8 Å². The maximum atomic E-state index is 13.5. The molecular weight excluding hydrogens is 446 g/mol. The maximum Gasteiger partial charge on any atom is 0.267 e. The number of thioether (sulfide) groups is 1. The Hall–Kier alpha value is -2.27. The highest BCUT2D eigenvalue weighted by atomic mass is 32.2. The van der Waals surface area contributed by atoms with Gasteiger partial charge < -0.3 is 10.0 Å². The number of hydrogen-bond donors (Lipinski definition) is 1. The summed E-state index contributed by atoms with van der Waals surface area (Å²) in [5.41, 5.74) is 1.72. The first-order chi connectivity index (χ1) is 15.4. The lowest BCUT2D eigenvalue weighted by Gasteiger charge is -2.35. The number of aliphatic hydroxyl groups is 1. The van der Waals surface area contributed by atoms with Crippen LogP contribution in [0.25, 0.3) is 11.7 Å². The van der Waals surface area contributed by atoms with Crippen LogP contribution in [0.1, 0.15) is 24.5 Å². The second kappa shape index (κ2) is 9.70. The van der Waals surface area contributed by atoms with Crippen LogP contribution < -0.4 is 10.5 Å². The van der Waals surface area contributed by atoms with Gasteiger partial charge in [-0.15, -0.1) is 0 Å². The van der Waals surface area contributed by atoms with E-state index in [0.717, 1.165) is 25.1 Å². The second-order valence-electron chi connectivity index (χ2n) is 7.92. The average Bonchev–Trinajstić information content (AvgIpc) is 3.04. The fraction of sp³-hybridized carbons (Fsp3) is 0.455. The largest absolute Gasteiger partial charge is 0.395 e. The molecule has 0 bridgehead atoms. The molecule has 0 radical (unpaired) electrons. The number of aliphatic hydroxyl groups excluding tert-OH is 1. The molecule has 32 heavy (non-hydrogen) atoms. The predicted octanol–water partition coefficient (Wildman–Crippen LogP) is 1.73. The third-order valence-electron chi connectivity index (χ3n) is 5.75. The van der Waals surface area contributed by atoms with Crippen molar-refractivity contribution in [2.24, 2.45) is 0 Å². The molecule has 0 unspecified atom stereocenters. The summed E-state index contributed by atoms with van der Waals surface area (Å²) in [6.07, 6.45) is 4.18. The third kappa shape index (κ3) is 4.32. The van der Waals surface area contributed by atoms with Crippen molar-refractivity contribution in [1.29, 1.82) is 0 Å². The van der Waals surface area contributed by atoms with E-state index in [1.807, 2.05) is 26.0 Å². The van der Waals surface area contributed by atoms with Crippen molar-refractivity contribution in [3.05, 3.63) is 44.7 Å². The molecule has 0 spiro atoms. The van der Waals surface area contributed by atoms with Gasteiger partial charge >= 0.3 is 0 Å². The highest BCUT2D eigenvalue weighted by molar-refractivity contribution is 8.26. The van der Waals surface area contributed by atoms with E-state index in [1.165, 1.54) is 11.8 Å². The summed E-state index contributed by atoms with van der Waals surface area (Å²) >= 11 is 6.63. The monoisotopic (exact) mass is 473 g/mol. The normalized spacial score (nSPS) is 19.0. The Morgan fingerprint density at radius 2 is 1.97 bits per heavy atom. The number of anilines is 1. The number of pyridine rings is 1. The fourth-order valence-electron chi connectivity index (χ4n) is 4.04. The van der Waals surface area contributed by atoms with Gasteiger partial charge in [-0.3, -0.25) is 23.8 Å². The minimum atomic E-state index is -0.202. The van der Waals surface area contributed by atoms with E-state index >= 15 is 0 Å². The standard InChI is InChI=1S/C22H27N5O3S2/c1-3-6-27-21(30)17(32-22(27)31)14-16-19(25-10-8-24(9-11-25)12-13-28)23-18-15(2)5-4-7-26(18)20(16)29/h4-5,7,14,28H,3,6,8-13H2,1-2H3/b17-14+. The van der Waals surface area contributed by atoms with E-state index in [2.05, 4.69) is 9.80 Å². The summed E-state index contributed by atoms with van der Waals surface area (Å²) in [6.45, 7) is 8.17. The molecule has 2 aromatic rings. The van der Waals surface area contributed by atoms with Crippen molar-refractivity contribution in [3.8, 4) is 0 Å². The zero-order chi connectivity index (χ0) is 22.8. The topological polar surface area (TPSA) is 81.4 Å². The van der Waals surface area contributed by atoms with Crippen LogP contribution in [0.5, 0.6) is 0 Å². The molecule has 0 saturated carbocycles. The van der Waals surface area contributed by atoms with E-state index in [1.54, 1.807) is 21.6 Å². The van der Waals surface area contributed by atoms with E-state index in [0.29, 0.717) is 52.4 Å². The molecule has 10 heteroatoms. The number of aryl methyl sites for hydroxylation is 1. The number of nitrogens with zero attached hydrogens (tertiary/aromatic N) is 5. The lowest BCUT2D eigenvalue weighted by molar-refractivity contribution is -0.122. The number of piperazine rings is 1. The smallest absolute Gasteiger partial charge is 0.267 e. The number of carbonyl (C=O) groups is 1. The molecular formula is C22H27N5O3S2. The van der Waals surface area contributed by atoms with E-state index < -0.39 is 0 Å². The highest BCUT2D eigenvalue weighted by Gasteiger charge is 2.32. The van der Waals surface area contributed by atoms with Crippen molar-refractivity contribution >= 4 is 51.7 Å². The number of aromatic nitrogens is 2. The van der Waals surface area contributed by atoms with Crippen molar-refractivity contribution in [2.45, 2.75) is 20.3 Å². The van der Waals surface area contributed by atoms with Crippen LogP contribution in [0.4, 0.5) is 5.82 Å². The molecule has 2 fully saturated rings. The molecule has 0 aromatic carbocycles. The Morgan fingerprint density at radius 1 is 1.22 bits per heavy atom.